The van der Waals surface area contributed by atoms with Gasteiger partial charge in [-0.3, -0.25) is 9.58 Å². The second-order valence-electron chi connectivity index (χ2n) is 9.69. The number of halogens is 8. The van der Waals surface area contributed by atoms with Crippen LogP contribution in [0.4, 0.5) is 36.4 Å². The maximum atomic E-state index is 15.0. The van der Waals surface area contributed by atoms with Gasteiger partial charge < -0.3 is 15.6 Å². The first-order valence-corrected chi connectivity index (χ1v) is 15.0. The maximum Gasteiger partial charge on any atom is 0.573 e. The number of sulfone groups is 1. The predicted octanol–water partition coefficient (Wildman–Crippen LogP) is 6.09. The van der Waals surface area contributed by atoms with E-state index in [-0.39, 0.29) is 39.6 Å². The number of hydrogen-bond acceptors (Lipinski definition) is 8. The summed E-state index contributed by atoms with van der Waals surface area (Å²) in [6.45, 7) is 0.312. The molecular formula is C28H23ClF7N5O4S. The Hall–Kier alpha value is -4.32. The van der Waals surface area contributed by atoms with Crippen LogP contribution in [-0.2, 0) is 22.6 Å². The van der Waals surface area contributed by atoms with E-state index >= 15 is 0 Å². The topological polar surface area (TPSA) is 137 Å². The lowest BCUT2D eigenvalue weighted by Crippen LogP contribution is -2.31. The van der Waals surface area contributed by atoms with E-state index in [1.165, 1.54) is 37.3 Å². The van der Waals surface area contributed by atoms with Gasteiger partial charge in [-0.05, 0) is 66.6 Å². The number of imidazole rings is 1. The molecule has 46 heavy (non-hydrogen) atoms. The van der Waals surface area contributed by atoms with Gasteiger partial charge in [0.05, 0.1) is 28.6 Å². The number of alkyl halides is 6. The Bertz CT molecular complexity index is 1930. The van der Waals surface area contributed by atoms with Crippen LogP contribution in [0.3, 0.4) is 0 Å². The molecule has 0 radical (unpaired) electrons. The zero-order valence-corrected chi connectivity index (χ0v) is 25.2. The maximum absolute atomic E-state index is 15.0. The smallest absolute Gasteiger partial charge is 0.406 e. The molecule has 0 aliphatic heterocycles. The zero-order valence-electron chi connectivity index (χ0n) is 23.6. The Kier molecular flexibility index (Phi) is 9.36. The van der Waals surface area contributed by atoms with Gasteiger partial charge in [-0.15, -0.1) is 13.2 Å². The molecule has 3 aromatic carbocycles. The lowest BCUT2D eigenvalue weighted by molar-refractivity contribution is -0.274. The first-order chi connectivity index (χ1) is 21.3. The molecule has 0 fully saturated rings. The summed E-state index contributed by atoms with van der Waals surface area (Å²) in [5.74, 6) is 4.61. The van der Waals surface area contributed by atoms with Crippen LogP contribution in [-0.4, -0.2) is 35.7 Å². The molecule has 18 heteroatoms. The minimum atomic E-state index is -4.97. The Balaban J connectivity index is 1.96. The summed E-state index contributed by atoms with van der Waals surface area (Å²) < 4.78 is 124. The fourth-order valence-corrected chi connectivity index (χ4v) is 5.90. The average Bonchev–Trinajstić information content (AvgIpc) is 3.26. The largest absolute Gasteiger partial charge is 0.573 e. The summed E-state index contributed by atoms with van der Waals surface area (Å²) in [7, 11) is -4.04. The third-order valence-electron chi connectivity index (χ3n) is 6.58. The minimum absolute atomic E-state index is 0.0207. The molecule has 246 valence electrons. The molecule has 4 aromatic rings. The van der Waals surface area contributed by atoms with Crippen molar-refractivity contribution in [2.24, 2.45) is 11.6 Å². The average molecular weight is 694 g/mol. The van der Waals surface area contributed by atoms with Crippen LogP contribution in [0, 0.1) is 12.7 Å². The molecule has 4 rings (SSSR count). The first-order valence-electron chi connectivity index (χ1n) is 12.7. The van der Waals surface area contributed by atoms with Crippen molar-refractivity contribution >= 4 is 32.8 Å². The Morgan fingerprint density at radius 2 is 1.70 bits per heavy atom. The van der Waals surface area contributed by atoms with Crippen molar-refractivity contribution in [3.63, 3.8) is 0 Å². The summed E-state index contributed by atoms with van der Waals surface area (Å²) in [5.41, 5.74) is 3.88. The number of aryl methyl sites for hydroxylation is 1. The number of benzene rings is 3. The molecule has 0 bridgehead atoms. The molecule has 9 nitrogen and oxygen atoms in total. The number of hydrazine groups is 1. The Morgan fingerprint density at radius 3 is 2.20 bits per heavy atom. The highest BCUT2D eigenvalue weighted by Gasteiger charge is 2.39. The number of nitrogens with two attached hydrogens (primary N) is 2. The Morgan fingerprint density at radius 1 is 1.07 bits per heavy atom. The van der Waals surface area contributed by atoms with Crippen LogP contribution in [0.1, 0.15) is 22.6 Å². The van der Waals surface area contributed by atoms with Gasteiger partial charge >= 0.3 is 12.5 Å². The third kappa shape index (κ3) is 7.06. The number of anilines is 1. The normalized spacial score (nSPS) is 12.8. The highest BCUT2D eigenvalue weighted by molar-refractivity contribution is 7.90. The van der Waals surface area contributed by atoms with Crippen molar-refractivity contribution < 1.29 is 49.0 Å². The van der Waals surface area contributed by atoms with Crippen molar-refractivity contribution in [2.45, 2.75) is 31.0 Å². The summed E-state index contributed by atoms with van der Waals surface area (Å²) in [4.78, 5) is 3.02. The van der Waals surface area contributed by atoms with E-state index in [0.717, 1.165) is 46.3 Å². The third-order valence-corrected chi connectivity index (χ3v) is 8.09. The monoisotopic (exact) mass is 693 g/mol. The molecular weight excluding hydrogens is 671 g/mol. The fraction of sp³-hybridized carbons (Fsp3) is 0.179. The number of aliphatic hydroxyl groups excluding tert-OH is 1. The quantitative estimate of drug-likeness (QED) is 0.115. The van der Waals surface area contributed by atoms with Gasteiger partial charge in [0, 0.05) is 23.6 Å². The van der Waals surface area contributed by atoms with Gasteiger partial charge in [-0.2, -0.15) is 13.2 Å². The van der Waals surface area contributed by atoms with Crippen LogP contribution in [0.15, 0.2) is 65.7 Å². The number of nitrogens with zero attached hydrogens (tertiary/aromatic N) is 3. The van der Waals surface area contributed by atoms with Gasteiger partial charge in [0.2, 0.25) is 0 Å². The molecule has 0 aliphatic carbocycles. The molecule has 5 N–H and O–H groups in total. The van der Waals surface area contributed by atoms with Gasteiger partial charge in [0.1, 0.15) is 22.5 Å². The number of hydrogen-bond donors (Lipinski definition) is 3. The molecule has 0 amide bonds. The van der Waals surface area contributed by atoms with Crippen LogP contribution >= 0.6 is 11.6 Å². The molecule has 1 heterocycles. The van der Waals surface area contributed by atoms with Crippen LogP contribution in [0.5, 0.6) is 5.75 Å². The number of ether oxygens (including phenoxy) is 1. The van der Waals surface area contributed by atoms with E-state index in [2.05, 4.69) is 9.72 Å². The summed E-state index contributed by atoms with van der Waals surface area (Å²) >= 11 is 6.14. The van der Waals surface area contributed by atoms with Crippen molar-refractivity contribution in [1.82, 2.24) is 9.55 Å². The van der Waals surface area contributed by atoms with Crippen molar-refractivity contribution in [3.8, 4) is 22.6 Å². The molecule has 0 unspecified atom stereocenters. The van der Waals surface area contributed by atoms with Gasteiger partial charge in [0.15, 0.2) is 15.5 Å². The van der Waals surface area contributed by atoms with Crippen molar-refractivity contribution in [3.05, 3.63) is 94.4 Å². The van der Waals surface area contributed by atoms with Crippen molar-refractivity contribution in [2.75, 3.05) is 11.3 Å². The van der Waals surface area contributed by atoms with E-state index in [1.807, 2.05) is 0 Å². The highest BCUT2D eigenvalue weighted by atomic mass is 35.5. The first kappa shape index (κ1) is 34.6. The second-order valence-corrected chi connectivity index (χ2v) is 12.0. The van der Waals surface area contributed by atoms with Crippen LogP contribution in [0.25, 0.3) is 22.5 Å². The SMILES string of the molecule is Cc1nc(C(F)(F)F)c(Cl)n1-c1ccc(-c2cc(F)c(CO)c(S(C)(=O)=O)c2)cc1N(N)/C(=C\N)c1ccc(OC(F)(F)F)cc1. The molecule has 1 aromatic heterocycles. The highest BCUT2D eigenvalue weighted by Crippen LogP contribution is 2.40. The molecule has 0 spiro atoms. The summed E-state index contributed by atoms with van der Waals surface area (Å²) in [6, 6.07) is 10.2. The van der Waals surface area contributed by atoms with Gasteiger partial charge in [-0.1, -0.05) is 17.7 Å². The van der Waals surface area contributed by atoms with Gasteiger partial charge in [0.25, 0.3) is 0 Å². The lowest BCUT2D eigenvalue weighted by atomic mass is 10.0. The summed E-state index contributed by atoms with van der Waals surface area (Å²) in [5, 5.41) is 9.62. The zero-order chi connectivity index (χ0) is 34.4. The number of rotatable bonds is 8. The van der Waals surface area contributed by atoms with E-state index < -0.39 is 61.9 Å². The second kappa shape index (κ2) is 12.5. The minimum Gasteiger partial charge on any atom is -0.406 e. The van der Waals surface area contributed by atoms with Gasteiger partial charge in [-0.25, -0.2) is 23.6 Å². The molecule has 0 saturated heterocycles. The Labute approximate surface area is 262 Å². The van der Waals surface area contributed by atoms with Crippen LogP contribution in [0.2, 0.25) is 5.15 Å². The van der Waals surface area contributed by atoms with Crippen molar-refractivity contribution in [1.29, 1.82) is 0 Å². The summed E-state index contributed by atoms with van der Waals surface area (Å²) in [6.07, 6.45) is -8.12. The molecule has 0 aliphatic rings. The predicted molar refractivity (Wildman–Crippen MR) is 155 cm³/mol. The van der Waals surface area contributed by atoms with Crippen LogP contribution < -0.4 is 21.3 Å². The molecule has 0 saturated carbocycles. The molecule has 0 atom stereocenters. The van der Waals surface area contributed by atoms with E-state index in [9.17, 15) is 44.3 Å². The standard InChI is InChI=1S/C28H23ClF7N5O4S/c1-14-39-25(27(31,32)33)26(29)40(14)21-8-5-16(17-9-20(30)19(13-42)24(11-17)46(2,43)44)10-22(21)41(38)23(12-37)15-3-6-18(7-4-15)45-28(34,35)36/h3-12,42H,13,37-38H2,1-2H3/b23-12-. The lowest BCUT2D eigenvalue weighted by Gasteiger charge is -2.26. The number of aliphatic hydroxyl groups is 1. The fourth-order valence-electron chi connectivity index (χ4n) is 4.59. The van der Waals surface area contributed by atoms with E-state index in [0.29, 0.717) is 0 Å². The number of aromatic nitrogens is 2. The van der Waals surface area contributed by atoms with E-state index in [1.54, 1.807) is 0 Å². The van der Waals surface area contributed by atoms with E-state index in [4.69, 9.17) is 23.2 Å².